The van der Waals surface area contributed by atoms with Crippen LogP contribution in [0.5, 0.6) is 0 Å². The highest BCUT2D eigenvalue weighted by Crippen LogP contribution is 2.06. The molecule has 0 heterocycles. The predicted molar refractivity (Wildman–Crippen MR) is 68.2 cm³/mol. The molecule has 92 valence electrons. The Balaban J connectivity index is 2.75. The zero-order valence-electron chi connectivity index (χ0n) is 10.5. The number of rotatable bonds is 3. The van der Waals surface area contributed by atoms with E-state index in [-0.39, 0.29) is 11.9 Å². The van der Waals surface area contributed by atoms with Gasteiger partial charge in [-0.3, -0.25) is 10.1 Å². The smallest absolute Gasteiger partial charge is 0.291 e. The van der Waals surface area contributed by atoms with Gasteiger partial charge >= 0.3 is 0 Å². The van der Waals surface area contributed by atoms with Crippen molar-refractivity contribution in [2.45, 2.75) is 20.3 Å². The van der Waals surface area contributed by atoms with Crippen LogP contribution >= 0.6 is 0 Å². The summed E-state index contributed by atoms with van der Waals surface area (Å²) >= 11 is 0. The number of amidine groups is 1. The Morgan fingerprint density at radius 3 is 2.71 bits per heavy atom. The number of benzene rings is 1. The van der Waals surface area contributed by atoms with Crippen LogP contribution in [0.3, 0.4) is 0 Å². The van der Waals surface area contributed by atoms with Crippen LogP contribution in [0.25, 0.3) is 0 Å². The van der Waals surface area contributed by atoms with Crippen LogP contribution in [-0.2, 0) is 4.74 Å². The summed E-state index contributed by atoms with van der Waals surface area (Å²) in [5.41, 5.74) is 1.56. The van der Waals surface area contributed by atoms with Crippen LogP contribution in [0.4, 0.5) is 0 Å². The minimum absolute atomic E-state index is 0.195. The van der Waals surface area contributed by atoms with E-state index >= 15 is 0 Å². The van der Waals surface area contributed by atoms with Crippen LogP contribution in [0, 0.1) is 6.92 Å². The third-order valence-electron chi connectivity index (χ3n) is 2.28. The molecular weight excluding hydrogens is 216 g/mol. The first kappa shape index (κ1) is 13.2. The molecule has 0 bridgehead atoms. The number of hydrogen-bond donors (Lipinski definition) is 1. The molecular formula is C13H18N2O2. The molecule has 0 saturated heterocycles. The Kier molecular flexibility index (Phi) is 5.20. The summed E-state index contributed by atoms with van der Waals surface area (Å²) in [4.78, 5) is 16.0. The van der Waals surface area contributed by atoms with Gasteiger partial charge in [-0.2, -0.15) is 0 Å². The van der Waals surface area contributed by atoms with Gasteiger partial charge < -0.3 is 4.74 Å². The molecule has 0 fully saturated rings. The van der Waals surface area contributed by atoms with Crippen LogP contribution in [-0.4, -0.2) is 25.6 Å². The van der Waals surface area contributed by atoms with Gasteiger partial charge in [0.1, 0.15) is 0 Å². The Morgan fingerprint density at radius 2 is 2.12 bits per heavy atom. The molecule has 0 saturated carbocycles. The molecule has 1 amide bonds. The summed E-state index contributed by atoms with van der Waals surface area (Å²) in [5.74, 6) is -0.195. The van der Waals surface area contributed by atoms with Crippen molar-refractivity contribution in [1.82, 2.24) is 5.32 Å². The zero-order chi connectivity index (χ0) is 12.7. The second-order valence-electron chi connectivity index (χ2n) is 3.66. The molecule has 1 rings (SSSR count). The Bertz CT molecular complexity index is 414. The molecule has 0 unspecified atom stereocenters. The number of amides is 1. The maximum atomic E-state index is 11.9. The lowest BCUT2D eigenvalue weighted by Gasteiger charge is -2.08. The number of methoxy groups -OCH3 is 1. The first-order valence-corrected chi connectivity index (χ1v) is 5.64. The van der Waals surface area contributed by atoms with Crippen LogP contribution in [0.1, 0.15) is 29.3 Å². The van der Waals surface area contributed by atoms with Crippen molar-refractivity contribution >= 4 is 11.9 Å². The van der Waals surface area contributed by atoms with E-state index in [1.54, 1.807) is 6.07 Å². The van der Waals surface area contributed by atoms with Gasteiger partial charge in [0.05, 0.1) is 7.11 Å². The highest BCUT2D eigenvalue weighted by atomic mass is 16.5. The Labute approximate surface area is 102 Å². The lowest BCUT2D eigenvalue weighted by molar-refractivity contribution is 0.0968. The largest absolute Gasteiger partial charge is 0.468 e. The highest BCUT2D eigenvalue weighted by Gasteiger charge is 2.10. The van der Waals surface area contributed by atoms with Crippen LogP contribution < -0.4 is 5.32 Å². The molecule has 1 aromatic rings. The summed E-state index contributed by atoms with van der Waals surface area (Å²) in [6, 6.07) is 7.66. The molecule has 4 nitrogen and oxygen atoms in total. The number of carbonyl (C=O) groups is 1. The van der Waals surface area contributed by atoms with E-state index in [2.05, 4.69) is 10.3 Å². The summed E-state index contributed by atoms with van der Waals surface area (Å²) in [7, 11) is 1.49. The minimum Gasteiger partial charge on any atom is -0.468 e. The van der Waals surface area contributed by atoms with E-state index in [0.717, 1.165) is 12.0 Å². The first-order valence-electron chi connectivity index (χ1n) is 5.64. The van der Waals surface area contributed by atoms with E-state index in [0.29, 0.717) is 12.1 Å². The topological polar surface area (TPSA) is 50.7 Å². The Morgan fingerprint density at radius 1 is 1.41 bits per heavy atom. The van der Waals surface area contributed by atoms with E-state index < -0.39 is 0 Å². The number of hydrogen-bond acceptors (Lipinski definition) is 3. The molecule has 0 radical (unpaired) electrons. The number of nitrogens with zero attached hydrogens (tertiary/aromatic N) is 1. The molecule has 0 spiro atoms. The average Bonchev–Trinajstić information content (AvgIpc) is 2.34. The number of carbonyl (C=O) groups excluding carboxylic acids is 1. The van der Waals surface area contributed by atoms with Gasteiger partial charge in [-0.1, -0.05) is 25.1 Å². The monoisotopic (exact) mass is 234 g/mol. The summed E-state index contributed by atoms with van der Waals surface area (Å²) < 4.78 is 5.00. The molecule has 0 aliphatic rings. The lowest BCUT2D eigenvalue weighted by atomic mass is 10.1. The van der Waals surface area contributed by atoms with E-state index in [9.17, 15) is 4.79 Å². The van der Waals surface area contributed by atoms with Crippen molar-refractivity contribution in [1.29, 1.82) is 0 Å². The van der Waals surface area contributed by atoms with Gasteiger partial charge in [0.25, 0.3) is 11.9 Å². The molecule has 0 aromatic heterocycles. The number of nitrogens with one attached hydrogen (secondary N) is 1. The Hall–Kier alpha value is -1.84. The van der Waals surface area contributed by atoms with Crippen molar-refractivity contribution in [3.05, 3.63) is 35.4 Å². The van der Waals surface area contributed by atoms with Gasteiger partial charge in [-0.25, -0.2) is 4.99 Å². The molecule has 4 heteroatoms. The van der Waals surface area contributed by atoms with Crippen molar-refractivity contribution in [2.24, 2.45) is 4.99 Å². The SMILES string of the molecule is CCCN=C(NC(=O)c1ccccc1C)OC. The molecule has 17 heavy (non-hydrogen) atoms. The first-order chi connectivity index (χ1) is 8.19. The number of aryl methyl sites for hydroxylation is 1. The highest BCUT2D eigenvalue weighted by molar-refractivity contribution is 6.04. The molecule has 0 aliphatic heterocycles. The number of ether oxygens (including phenoxy) is 1. The van der Waals surface area contributed by atoms with E-state index in [1.165, 1.54) is 7.11 Å². The fourth-order valence-electron chi connectivity index (χ4n) is 1.36. The third kappa shape index (κ3) is 3.90. The summed E-state index contributed by atoms with van der Waals surface area (Å²) in [6.45, 7) is 4.54. The second-order valence-corrected chi connectivity index (χ2v) is 3.66. The predicted octanol–water partition coefficient (Wildman–Crippen LogP) is 2.14. The molecule has 1 N–H and O–H groups in total. The van der Waals surface area contributed by atoms with Crippen molar-refractivity contribution in [2.75, 3.05) is 13.7 Å². The van der Waals surface area contributed by atoms with Crippen molar-refractivity contribution in [3.63, 3.8) is 0 Å². The van der Waals surface area contributed by atoms with Gasteiger partial charge in [0.2, 0.25) is 0 Å². The average molecular weight is 234 g/mol. The standard InChI is InChI=1S/C13H18N2O2/c1-4-9-14-13(17-3)15-12(16)11-8-6-5-7-10(11)2/h5-8H,4,9H2,1-3H3,(H,14,15,16). The minimum atomic E-state index is -0.195. The van der Waals surface area contributed by atoms with Crippen molar-refractivity contribution < 1.29 is 9.53 Å². The maximum Gasteiger partial charge on any atom is 0.291 e. The van der Waals surface area contributed by atoms with Gasteiger partial charge in [-0.15, -0.1) is 0 Å². The second kappa shape index (κ2) is 6.68. The fraction of sp³-hybridized carbons (Fsp3) is 0.385. The van der Waals surface area contributed by atoms with Crippen LogP contribution in [0.2, 0.25) is 0 Å². The van der Waals surface area contributed by atoms with Gasteiger partial charge in [-0.05, 0) is 25.0 Å². The molecule has 1 aromatic carbocycles. The van der Waals surface area contributed by atoms with Gasteiger partial charge in [0, 0.05) is 12.1 Å². The molecule has 0 aliphatic carbocycles. The molecule has 0 atom stereocenters. The maximum absolute atomic E-state index is 11.9. The number of aliphatic imine (C=N–C) groups is 1. The lowest BCUT2D eigenvalue weighted by Crippen LogP contribution is -2.32. The van der Waals surface area contributed by atoms with Gasteiger partial charge in [0.15, 0.2) is 0 Å². The van der Waals surface area contributed by atoms with E-state index in [1.807, 2.05) is 32.0 Å². The zero-order valence-corrected chi connectivity index (χ0v) is 10.5. The normalized spacial score (nSPS) is 11.1. The fourth-order valence-corrected chi connectivity index (χ4v) is 1.36. The third-order valence-corrected chi connectivity index (χ3v) is 2.28. The summed E-state index contributed by atoms with van der Waals surface area (Å²) in [6.07, 6.45) is 0.910. The summed E-state index contributed by atoms with van der Waals surface area (Å²) in [5, 5.41) is 2.65. The van der Waals surface area contributed by atoms with Crippen LogP contribution in [0.15, 0.2) is 29.3 Å². The van der Waals surface area contributed by atoms with E-state index in [4.69, 9.17) is 4.74 Å². The van der Waals surface area contributed by atoms with Crippen molar-refractivity contribution in [3.8, 4) is 0 Å². The quantitative estimate of drug-likeness (QED) is 0.643.